The number of nitrogens with zero attached hydrogens (tertiary/aromatic N) is 3. The van der Waals surface area contributed by atoms with Gasteiger partial charge in [0.1, 0.15) is 0 Å². The molecule has 1 unspecified atom stereocenters. The molecular weight excluding hydrogens is 485 g/mol. The zero-order valence-electron chi connectivity index (χ0n) is 18.5. The molecular formula is C24H36IN5. The van der Waals surface area contributed by atoms with Gasteiger partial charge in [-0.2, -0.15) is 0 Å². The highest BCUT2D eigenvalue weighted by atomic mass is 127. The molecule has 0 aromatic heterocycles. The Labute approximate surface area is 199 Å². The van der Waals surface area contributed by atoms with Gasteiger partial charge in [0, 0.05) is 39.3 Å². The fraction of sp³-hybridized carbons (Fsp3) is 0.458. The zero-order chi connectivity index (χ0) is 20.5. The van der Waals surface area contributed by atoms with Crippen LogP contribution in [0.25, 0.3) is 0 Å². The number of hydrogen-bond donors (Lipinski definition) is 2. The van der Waals surface area contributed by atoms with E-state index in [0.717, 1.165) is 32.1 Å². The van der Waals surface area contributed by atoms with Crippen molar-refractivity contribution in [1.29, 1.82) is 0 Å². The number of hydrogen-bond acceptors (Lipinski definition) is 3. The first kappa shape index (κ1) is 24.6. The van der Waals surface area contributed by atoms with Crippen LogP contribution in [0.3, 0.4) is 0 Å². The fourth-order valence-corrected chi connectivity index (χ4v) is 3.90. The van der Waals surface area contributed by atoms with E-state index >= 15 is 0 Å². The zero-order valence-corrected chi connectivity index (χ0v) is 20.8. The summed E-state index contributed by atoms with van der Waals surface area (Å²) in [5.41, 5.74) is 3.99. The molecule has 3 rings (SSSR count). The van der Waals surface area contributed by atoms with Crippen LogP contribution >= 0.6 is 24.0 Å². The Kier molecular flexibility index (Phi) is 10.6. The van der Waals surface area contributed by atoms with E-state index in [4.69, 9.17) is 0 Å². The molecule has 1 fully saturated rings. The van der Waals surface area contributed by atoms with Gasteiger partial charge in [0.2, 0.25) is 0 Å². The van der Waals surface area contributed by atoms with Crippen LogP contribution in [0.1, 0.15) is 29.5 Å². The van der Waals surface area contributed by atoms with Crippen molar-refractivity contribution in [3.05, 3.63) is 71.3 Å². The maximum Gasteiger partial charge on any atom is 0.191 e. The molecule has 1 aliphatic rings. The van der Waals surface area contributed by atoms with Gasteiger partial charge < -0.3 is 15.5 Å². The van der Waals surface area contributed by atoms with Crippen molar-refractivity contribution in [2.45, 2.75) is 38.5 Å². The summed E-state index contributed by atoms with van der Waals surface area (Å²) in [4.78, 5) is 9.17. The quantitative estimate of drug-likeness (QED) is 0.316. The van der Waals surface area contributed by atoms with Crippen LogP contribution in [-0.4, -0.2) is 56.0 Å². The van der Waals surface area contributed by atoms with Crippen LogP contribution in [0.4, 0.5) is 0 Å². The fourth-order valence-electron chi connectivity index (χ4n) is 3.90. The Hall–Kier alpha value is -1.64. The number of benzene rings is 2. The van der Waals surface area contributed by atoms with E-state index in [1.807, 2.05) is 7.05 Å². The summed E-state index contributed by atoms with van der Waals surface area (Å²) in [5.74, 6) is 0.869. The molecule has 1 atom stereocenters. The van der Waals surface area contributed by atoms with Crippen LogP contribution in [0, 0.1) is 0 Å². The van der Waals surface area contributed by atoms with Crippen molar-refractivity contribution < 1.29 is 0 Å². The monoisotopic (exact) mass is 521 g/mol. The lowest BCUT2D eigenvalue weighted by molar-refractivity contribution is 0.245. The van der Waals surface area contributed by atoms with Gasteiger partial charge in [-0.25, -0.2) is 0 Å². The number of rotatable bonds is 8. The molecule has 2 aromatic rings. The first-order valence-electron chi connectivity index (χ1n) is 10.6. The van der Waals surface area contributed by atoms with Crippen LogP contribution in [-0.2, 0) is 19.6 Å². The SMILES string of the molecule is CN=C(NCc1ccc(CN(C)C)cc1)NCC1CCCN1Cc1ccccc1.I. The molecule has 30 heavy (non-hydrogen) atoms. The first-order chi connectivity index (χ1) is 14.1. The second kappa shape index (κ2) is 12.9. The Balaban J connectivity index is 0.00000320. The second-order valence-electron chi connectivity index (χ2n) is 8.11. The lowest BCUT2D eigenvalue weighted by atomic mass is 10.1. The molecule has 0 bridgehead atoms. The highest BCUT2D eigenvalue weighted by Gasteiger charge is 2.24. The lowest BCUT2D eigenvalue weighted by Gasteiger charge is -2.25. The highest BCUT2D eigenvalue weighted by Crippen LogP contribution is 2.19. The molecule has 2 aromatic carbocycles. The van der Waals surface area contributed by atoms with Gasteiger partial charge in [0.05, 0.1) is 0 Å². The van der Waals surface area contributed by atoms with Gasteiger partial charge in [0.15, 0.2) is 5.96 Å². The van der Waals surface area contributed by atoms with E-state index in [0.29, 0.717) is 6.04 Å². The van der Waals surface area contributed by atoms with Gasteiger partial charge in [-0.15, -0.1) is 24.0 Å². The van der Waals surface area contributed by atoms with Crippen LogP contribution in [0.2, 0.25) is 0 Å². The Morgan fingerprint density at radius 2 is 1.70 bits per heavy atom. The Morgan fingerprint density at radius 3 is 2.37 bits per heavy atom. The Bertz CT molecular complexity index is 761. The minimum absolute atomic E-state index is 0. The predicted octanol–water partition coefficient (Wildman–Crippen LogP) is 3.70. The van der Waals surface area contributed by atoms with Gasteiger partial charge in [0.25, 0.3) is 0 Å². The molecule has 164 valence electrons. The Morgan fingerprint density at radius 1 is 1.00 bits per heavy atom. The molecule has 0 spiro atoms. The maximum atomic E-state index is 4.40. The lowest BCUT2D eigenvalue weighted by Crippen LogP contribution is -2.44. The minimum atomic E-state index is 0. The standard InChI is InChI=1S/C24H35N5.HI/c1-25-24(26-16-20-11-13-22(14-12-20)18-28(2)3)27-17-23-10-7-15-29(23)19-21-8-5-4-6-9-21;/h4-6,8-9,11-14,23H,7,10,15-19H2,1-3H3,(H2,25,26,27);1H. The highest BCUT2D eigenvalue weighted by molar-refractivity contribution is 14.0. The molecule has 2 N–H and O–H groups in total. The van der Waals surface area contributed by atoms with Crippen molar-refractivity contribution >= 4 is 29.9 Å². The molecule has 5 nitrogen and oxygen atoms in total. The van der Waals surface area contributed by atoms with E-state index in [9.17, 15) is 0 Å². The minimum Gasteiger partial charge on any atom is -0.355 e. The van der Waals surface area contributed by atoms with Gasteiger partial charge in [-0.05, 0) is 50.2 Å². The predicted molar refractivity (Wildman–Crippen MR) is 137 cm³/mol. The van der Waals surface area contributed by atoms with Gasteiger partial charge in [-0.3, -0.25) is 9.89 Å². The average Bonchev–Trinajstić information content (AvgIpc) is 3.16. The number of likely N-dealkylation sites (tertiary alicyclic amines) is 1. The molecule has 1 heterocycles. The topological polar surface area (TPSA) is 42.9 Å². The molecule has 0 amide bonds. The third kappa shape index (κ3) is 7.89. The summed E-state index contributed by atoms with van der Waals surface area (Å²) in [6.45, 7) is 4.87. The smallest absolute Gasteiger partial charge is 0.191 e. The van der Waals surface area contributed by atoms with Crippen molar-refractivity contribution in [1.82, 2.24) is 20.4 Å². The van der Waals surface area contributed by atoms with E-state index in [1.165, 1.54) is 36.1 Å². The van der Waals surface area contributed by atoms with E-state index < -0.39 is 0 Å². The van der Waals surface area contributed by atoms with Crippen LogP contribution in [0.5, 0.6) is 0 Å². The molecule has 0 saturated carbocycles. The summed E-state index contributed by atoms with van der Waals surface area (Å²) in [6, 6.07) is 20.1. The number of halogens is 1. The number of nitrogens with one attached hydrogen (secondary N) is 2. The van der Waals surface area contributed by atoms with Crippen molar-refractivity contribution in [2.24, 2.45) is 4.99 Å². The molecule has 1 aliphatic heterocycles. The first-order valence-corrected chi connectivity index (χ1v) is 10.6. The van der Waals surface area contributed by atoms with E-state index in [-0.39, 0.29) is 24.0 Å². The van der Waals surface area contributed by atoms with E-state index in [2.05, 4.69) is 94.1 Å². The van der Waals surface area contributed by atoms with Gasteiger partial charge >= 0.3 is 0 Å². The third-order valence-electron chi connectivity index (χ3n) is 5.44. The summed E-state index contributed by atoms with van der Waals surface area (Å²) >= 11 is 0. The normalized spacial score (nSPS) is 17.1. The number of aliphatic imine (C=N–C) groups is 1. The second-order valence-corrected chi connectivity index (χ2v) is 8.11. The summed E-state index contributed by atoms with van der Waals surface area (Å²) in [6.07, 6.45) is 2.51. The average molecular weight is 521 g/mol. The summed E-state index contributed by atoms with van der Waals surface area (Å²) < 4.78 is 0. The van der Waals surface area contributed by atoms with Crippen LogP contribution in [0.15, 0.2) is 59.6 Å². The molecule has 0 aliphatic carbocycles. The summed E-state index contributed by atoms with van der Waals surface area (Å²) in [7, 11) is 6.03. The summed E-state index contributed by atoms with van der Waals surface area (Å²) in [5, 5.41) is 6.97. The van der Waals surface area contributed by atoms with Crippen molar-refractivity contribution in [2.75, 3.05) is 34.2 Å². The van der Waals surface area contributed by atoms with E-state index in [1.54, 1.807) is 0 Å². The molecule has 1 saturated heterocycles. The van der Waals surface area contributed by atoms with Crippen LogP contribution < -0.4 is 10.6 Å². The maximum absolute atomic E-state index is 4.40. The number of guanidine groups is 1. The van der Waals surface area contributed by atoms with Gasteiger partial charge in [-0.1, -0.05) is 54.6 Å². The third-order valence-corrected chi connectivity index (χ3v) is 5.44. The molecule has 0 radical (unpaired) electrons. The largest absolute Gasteiger partial charge is 0.355 e. The molecule has 6 heteroatoms. The van der Waals surface area contributed by atoms with Crippen molar-refractivity contribution in [3.63, 3.8) is 0 Å². The van der Waals surface area contributed by atoms with Crippen molar-refractivity contribution in [3.8, 4) is 0 Å².